The van der Waals surface area contributed by atoms with Crippen LogP contribution >= 0.6 is 24.0 Å². The van der Waals surface area contributed by atoms with Crippen LogP contribution in [0.2, 0.25) is 0 Å². The molecule has 84 valence electrons. The van der Waals surface area contributed by atoms with Crippen LogP contribution in [0.5, 0.6) is 0 Å². The van der Waals surface area contributed by atoms with E-state index in [4.69, 9.17) is 17.0 Å². The van der Waals surface area contributed by atoms with E-state index in [2.05, 4.69) is 5.43 Å². The van der Waals surface area contributed by atoms with Crippen molar-refractivity contribution in [2.75, 3.05) is 18.9 Å². The summed E-state index contributed by atoms with van der Waals surface area (Å²) in [6.45, 7) is 6.67. The number of rotatable bonds is 3. The van der Waals surface area contributed by atoms with Gasteiger partial charge in [0.15, 0.2) is 4.32 Å². The molecule has 4 nitrogen and oxygen atoms in total. The van der Waals surface area contributed by atoms with E-state index in [1.54, 1.807) is 11.9 Å². The van der Waals surface area contributed by atoms with E-state index in [-0.39, 0.29) is 19.5 Å². The standard InChI is InChI=1S/C8H16N2O2S2.Zn/c1-4-10(8(13)14-6-3)9-7(11)12-5-2;/h4-6H2,1-3H3,(H,9,11);. The summed E-state index contributed by atoms with van der Waals surface area (Å²) in [6, 6.07) is 0. The summed E-state index contributed by atoms with van der Waals surface area (Å²) in [5, 5.41) is 1.60. The van der Waals surface area contributed by atoms with Gasteiger partial charge in [-0.05, 0) is 19.6 Å². The minimum absolute atomic E-state index is 0. The first kappa shape index (κ1) is 17.5. The molecule has 1 N–H and O–H groups in total. The zero-order chi connectivity index (χ0) is 11.0. The number of carbonyl (C=O) groups excluding carboxylic acids is 1. The Morgan fingerprint density at radius 3 is 2.47 bits per heavy atom. The molecule has 0 aliphatic carbocycles. The summed E-state index contributed by atoms with van der Waals surface area (Å²) < 4.78 is 5.40. The number of hydrogen-bond donors (Lipinski definition) is 1. The van der Waals surface area contributed by atoms with E-state index in [1.807, 2.05) is 13.8 Å². The first-order valence-corrected chi connectivity index (χ1v) is 5.92. The number of amides is 1. The maximum absolute atomic E-state index is 11.1. The molecule has 0 fully saturated rings. The third-order valence-electron chi connectivity index (χ3n) is 1.31. The number of nitrogens with one attached hydrogen (secondary N) is 1. The molecule has 0 aliphatic heterocycles. The van der Waals surface area contributed by atoms with E-state index in [1.165, 1.54) is 11.8 Å². The normalized spacial score (nSPS) is 8.73. The molecule has 7 heteroatoms. The summed E-state index contributed by atoms with van der Waals surface area (Å²) in [6.07, 6.45) is -0.464. The molecule has 0 aromatic rings. The third-order valence-corrected chi connectivity index (χ3v) is 2.64. The topological polar surface area (TPSA) is 41.6 Å². The van der Waals surface area contributed by atoms with E-state index in [9.17, 15) is 4.79 Å². The molecule has 1 amide bonds. The molecular weight excluding hydrogens is 286 g/mol. The number of thiocarbonyl (C=S) groups is 1. The van der Waals surface area contributed by atoms with Crippen molar-refractivity contribution in [2.24, 2.45) is 0 Å². The average Bonchev–Trinajstić information content (AvgIpc) is 2.15. The Morgan fingerprint density at radius 2 is 2.07 bits per heavy atom. The first-order chi connectivity index (χ1) is 6.65. The molecule has 0 aliphatic rings. The van der Waals surface area contributed by atoms with Gasteiger partial charge in [0.2, 0.25) is 0 Å². The van der Waals surface area contributed by atoms with Crippen LogP contribution in [0.15, 0.2) is 0 Å². The Kier molecular flexibility index (Phi) is 12.4. The molecule has 0 radical (unpaired) electrons. The molecule has 0 rings (SSSR count). The summed E-state index contributed by atoms with van der Waals surface area (Å²) in [5.41, 5.74) is 2.56. The summed E-state index contributed by atoms with van der Waals surface area (Å²) in [5.74, 6) is 0.889. The molecule has 0 saturated carbocycles. The summed E-state index contributed by atoms with van der Waals surface area (Å²) >= 11 is 6.61. The van der Waals surface area contributed by atoms with Crippen molar-refractivity contribution in [3.63, 3.8) is 0 Å². The Labute approximate surface area is 113 Å². The molecular formula is C8H16N2O2S2Zn. The van der Waals surface area contributed by atoms with Crippen molar-refractivity contribution in [1.82, 2.24) is 10.4 Å². The van der Waals surface area contributed by atoms with E-state index in [0.29, 0.717) is 17.5 Å². The maximum Gasteiger partial charge on any atom is 0.426 e. The minimum atomic E-state index is -0.464. The molecule has 0 aromatic carbocycles. The fourth-order valence-corrected chi connectivity index (χ4v) is 1.83. The second-order valence-corrected chi connectivity index (χ2v) is 4.17. The van der Waals surface area contributed by atoms with E-state index in [0.717, 1.165) is 5.75 Å². The van der Waals surface area contributed by atoms with Crippen molar-refractivity contribution in [3.8, 4) is 0 Å². The van der Waals surface area contributed by atoms with Crippen LogP contribution in [0.4, 0.5) is 4.79 Å². The fraction of sp³-hybridized carbons (Fsp3) is 0.750. The first-order valence-electron chi connectivity index (χ1n) is 4.53. The minimum Gasteiger partial charge on any atom is -0.449 e. The van der Waals surface area contributed by atoms with Gasteiger partial charge in [-0.15, -0.1) is 0 Å². The molecule has 0 bridgehead atoms. The Balaban J connectivity index is 0. The zero-order valence-electron chi connectivity index (χ0n) is 9.41. The predicted molar refractivity (Wildman–Crippen MR) is 63.3 cm³/mol. The van der Waals surface area contributed by atoms with Crippen LogP contribution in [-0.4, -0.2) is 34.3 Å². The van der Waals surface area contributed by atoms with Gasteiger partial charge in [-0.3, -0.25) is 5.01 Å². The SMILES string of the molecule is CCOC(=O)NN(CC)C(=S)SCC.[Zn]. The molecule has 0 unspecified atom stereocenters. The van der Waals surface area contributed by atoms with Gasteiger partial charge in [0, 0.05) is 26.0 Å². The van der Waals surface area contributed by atoms with Crippen molar-refractivity contribution < 1.29 is 29.0 Å². The number of hydrazine groups is 1. The fourth-order valence-electron chi connectivity index (χ4n) is 0.729. The van der Waals surface area contributed by atoms with Crippen molar-refractivity contribution in [2.45, 2.75) is 20.8 Å². The Bertz CT molecular complexity index is 205. The quantitative estimate of drug-likeness (QED) is 0.491. The van der Waals surface area contributed by atoms with Crippen LogP contribution in [0.25, 0.3) is 0 Å². The molecule has 15 heavy (non-hydrogen) atoms. The smallest absolute Gasteiger partial charge is 0.426 e. The molecule has 0 spiro atoms. The monoisotopic (exact) mass is 300 g/mol. The number of carbonyl (C=O) groups is 1. The maximum atomic E-state index is 11.1. The van der Waals surface area contributed by atoms with Crippen LogP contribution in [0.1, 0.15) is 20.8 Å². The Hall–Kier alpha value is 0.133. The van der Waals surface area contributed by atoms with Crippen LogP contribution in [-0.2, 0) is 24.2 Å². The van der Waals surface area contributed by atoms with Crippen molar-refractivity contribution in [3.05, 3.63) is 0 Å². The van der Waals surface area contributed by atoms with E-state index >= 15 is 0 Å². The average molecular weight is 302 g/mol. The van der Waals surface area contributed by atoms with Gasteiger partial charge in [-0.25, -0.2) is 10.2 Å². The van der Waals surface area contributed by atoms with Gasteiger partial charge in [0.25, 0.3) is 0 Å². The zero-order valence-corrected chi connectivity index (χ0v) is 14.0. The second kappa shape index (κ2) is 10.6. The number of ether oxygens (including phenoxy) is 1. The van der Waals surface area contributed by atoms with Crippen molar-refractivity contribution >= 4 is 34.4 Å². The van der Waals surface area contributed by atoms with Gasteiger partial charge in [-0.2, -0.15) is 0 Å². The number of hydrogen-bond acceptors (Lipinski definition) is 4. The number of nitrogens with zero attached hydrogens (tertiary/aromatic N) is 1. The largest absolute Gasteiger partial charge is 0.449 e. The Morgan fingerprint density at radius 1 is 1.47 bits per heavy atom. The van der Waals surface area contributed by atoms with Gasteiger partial charge >= 0.3 is 6.09 Å². The third kappa shape index (κ3) is 7.99. The predicted octanol–water partition coefficient (Wildman–Crippen LogP) is 2.00. The van der Waals surface area contributed by atoms with E-state index < -0.39 is 6.09 Å². The van der Waals surface area contributed by atoms with Gasteiger partial charge in [0.05, 0.1) is 6.61 Å². The molecule has 0 atom stereocenters. The molecule has 0 aromatic heterocycles. The second-order valence-electron chi connectivity index (χ2n) is 2.28. The van der Waals surface area contributed by atoms with Crippen molar-refractivity contribution in [1.29, 1.82) is 0 Å². The molecule has 0 saturated heterocycles. The van der Waals surface area contributed by atoms with Gasteiger partial charge in [0.1, 0.15) is 0 Å². The van der Waals surface area contributed by atoms with Gasteiger partial charge < -0.3 is 4.74 Å². The summed E-state index contributed by atoms with van der Waals surface area (Å²) in [4.78, 5) is 11.1. The molecule has 0 heterocycles. The van der Waals surface area contributed by atoms with Crippen LogP contribution in [0.3, 0.4) is 0 Å². The summed E-state index contributed by atoms with van der Waals surface area (Å²) in [7, 11) is 0. The van der Waals surface area contributed by atoms with Crippen LogP contribution < -0.4 is 5.43 Å². The van der Waals surface area contributed by atoms with Gasteiger partial charge in [-0.1, -0.05) is 30.9 Å². The number of thioether (sulfide) groups is 1. The van der Waals surface area contributed by atoms with Crippen LogP contribution in [0, 0.1) is 0 Å².